The van der Waals surface area contributed by atoms with Gasteiger partial charge in [-0.3, -0.25) is 4.99 Å². The number of carbonyl (C=O) groups is 1. The number of likely N-dealkylation sites (N-methyl/N-ethyl adjacent to an activating group) is 1. The van der Waals surface area contributed by atoms with Crippen molar-refractivity contribution in [1.82, 2.24) is 20.4 Å². The average Bonchev–Trinajstić information content (AvgIpc) is 2.65. The second kappa shape index (κ2) is 11.1. The topological polar surface area (TPSA) is 78.4 Å². The van der Waals surface area contributed by atoms with Crippen molar-refractivity contribution in [2.45, 2.75) is 37.3 Å². The fourth-order valence-electron chi connectivity index (χ4n) is 3.51. The number of nitrogens with zero attached hydrogens (tertiary/aromatic N) is 3. The fourth-order valence-corrected chi connectivity index (χ4v) is 3.51. The van der Waals surface area contributed by atoms with Crippen molar-refractivity contribution in [3.63, 3.8) is 0 Å². The van der Waals surface area contributed by atoms with E-state index in [0.29, 0.717) is 19.1 Å². The number of carbonyl (C=O) groups excluding carboxylic acids is 1. The van der Waals surface area contributed by atoms with Crippen LogP contribution in [0.3, 0.4) is 0 Å². The Bertz CT molecular complexity index is 461. The highest BCUT2D eigenvalue weighted by Crippen LogP contribution is 2.25. The van der Waals surface area contributed by atoms with Gasteiger partial charge in [0.15, 0.2) is 5.96 Å². The molecule has 0 aromatic heterocycles. The normalized spacial score (nSPS) is 21.1. The third kappa shape index (κ3) is 6.12. The first-order valence-corrected chi connectivity index (χ1v) is 9.06. The zero-order valence-corrected chi connectivity index (χ0v) is 18.7. The van der Waals surface area contributed by atoms with Crippen molar-refractivity contribution in [3.8, 4) is 0 Å². The molecule has 0 unspecified atom stereocenters. The van der Waals surface area contributed by atoms with E-state index in [1.54, 1.807) is 11.9 Å². The molecule has 0 aromatic rings. The summed E-state index contributed by atoms with van der Waals surface area (Å²) in [6.07, 6.45) is 3.57. The lowest BCUT2D eigenvalue weighted by Gasteiger charge is -2.43. The van der Waals surface area contributed by atoms with Gasteiger partial charge in [-0.1, -0.05) is 0 Å². The third-order valence-corrected chi connectivity index (χ3v) is 5.45. The fraction of sp³-hybridized carbons (Fsp3) is 0.882. The van der Waals surface area contributed by atoms with Crippen molar-refractivity contribution in [3.05, 3.63) is 0 Å². The second-order valence-corrected chi connectivity index (χ2v) is 7.03. The van der Waals surface area contributed by atoms with E-state index in [2.05, 4.69) is 34.6 Å². The van der Waals surface area contributed by atoms with Gasteiger partial charge in [0.1, 0.15) is 0 Å². The predicted molar refractivity (Wildman–Crippen MR) is 113 cm³/mol. The molecule has 0 bridgehead atoms. The van der Waals surface area contributed by atoms with Crippen LogP contribution in [-0.2, 0) is 9.47 Å². The molecule has 0 aliphatic carbocycles. The van der Waals surface area contributed by atoms with E-state index in [1.807, 2.05) is 0 Å². The Kier molecular flexibility index (Phi) is 9.94. The minimum atomic E-state index is -0.242. The lowest BCUT2D eigenvalue weighted by molar-refractivity contribution is -0.00504. The molecular weight excluding hydrogens is 449 g/mol. The molecule has 0 aromatic carbocycles. The Labute approximate surface area is 174 Å². The van der Waals surface area contributed by atoms with Gasteiger partial charge >= 0.3 is 6.09 Å². The molecule has 1 amide bonds. The van der Waals surface area contributed by atoms with E-state index in [4.69, 9.17) is 9.47 Å². The number of ether oxygens (including phenoxy) is 2. The van der Waals surface area contributed by atoms with Crippen molar-refractivity contribution in [2.24, 2.45) is 4.99 Å². The number of rotatable bonds is 4. The van der Waals surface area contributed by atoms with Crippen LogP contribution in [0.5, 0.6) is 0 Å². The lowest BCUT2D eigenvalue weighted by atomic mass is 9.88. The number of guanidine groups is 1. The highest BCUT2D eigenvalue weighted by atomic mass is 127. The maximum absolute atomic E-state index is 11.6. The van der Waals surface area contributed by atoms with Crippen LogP contribution in [0.25, 0.3) is 0 Å². The molecule has 2 aliphatic heterocycles. The minimum Gasteiger partial charge on any atom is -0.453 e. The number of aliphatic imine (C=N–C) groups is 1. The van der Waals surface area contributed by atoms with Crippen LogP contribution in [0.4, 0.5) is 4.79 Å². The summed E-state index contributed by atoms with van der Waals surface area (Å²) in [5.74, 6) is 0.823. The highest BCUT2D eigenvalue weighted by Gasteiger charge is 2.35. The molecule has 8 nitrogen and oxygen atoms in total. The first kappa shape index (κ1) is 23.2. The zero-order valence-electron chi connectivity index (χ0n) is 16.4. The van der Waals surface area contributed by atoms with Gasteiger partial charge in [-0.25, -0.2) is 4.79 Å². The second-order valence-electron chi connectivity index (χ2n) is 7.03. The molecule has 0 saturated carbocycles. The van der Waals surface area contributed by atoms with Gasteiger partial charge in [0.05, 0.1) is 7.11 Å². The summed E-state index contributed by atoms with van der Waals surface area (Å²) < 4.78 is 10.3. The number of piperidine rings is 1. The lowest BCUT2D eigenvalue weighted by Crippen LogP contribution is -2.58. The molecule has 26 heavy (non-hydrogen) atoms. The van der Waals surface area contributed by atoms with Crippen molar-refractivity contribution < 1.29 is 14.3 Å². The largest absolute Gasteiger partial charge is 0.453 e. The number of hydrogen-bond donors (Lipinski definition) is 2. The van der Waals surface area contributed by atoms with Crippen LogP contribution < -0.4 is 10.6 Å². The maximum atomic E-state index is 11.6. The van der Waals surface area contributed by atoms with Gasteiger partial charge in [0.25, 0.3) is 0 Å². The van der Waals surface area contributed by atoms with Gasteiger partial charge in [-0.2, -0.15) is 0 Å². The predicted octanol–water partition coefficient (Wildman–Crippen LogP) is 1.11. The van der Waals surface area contributed by atoms with Crippen molar-refractivity contribution >= 4 is 36.0 Å². The van der Waals surface area contributed by atoms with Crippen LogP contribution in [0, 0.1) is 0 Å². The van der Waals surface area contributed by atoms with E-state index >= 15 is 0 Å². The summed E-state index contributed by atoms with van der Waals surface area (Å²) >= 11 is 0. The minimum absolute atomic E-state index is 0. The van der Waals surface area contributed by atoms with Crippen molar-refractivity contribution in [2.75, 3.05) is 61.1 Å². The Morgan fingerprint density at radius 3 is 2.42 bits per heavy atom. The Hall–Kier alpha value is -0.810. The summed E-state index contributed by atoms with van der Waals surface area (Å²) in [5, 5.41) is 6.98. The third-order valence-electron chi connectivity index (χ3n) is 5.45. The molecule has 2 fully saturated rings. The number of likely N-dealkylation sites (tertiary alicyclic amines) is 1. The van der Waals surface area contributed by atoms with E-state index in [-0.39, 0.29) is 35.6 Å². The van der Waals surface area contributed by atoms with Crippen LogP contribution in [0.15, 0.2) is 4.99 Å². The average molecular weight is 483 g/mol. The number of methoxy groups -OCH3 is 1. The molecule has 152 valence electrons. The molecular formula is C17H34IN5O3. The molecule has 2 heterocycles. The van der Waals surface area contributed by atoms with Crippen LogP contribution >= 0.6 is 24.0 Å². The number of nitrogens with one attached hydrogen (secondary N) is 2. The molecule has 2 N–H and O–H groups in total. The number of halogens is 1. The Balaban J connectivity index is 0.00000338. The standard InChI is InChI=1S/C17H33N5O3.HI/c1-18-15(19-13-17(21(2)3)7-11-25-12-8-17)20-14-5-9-22(10-6-14)16(23)24-4;/h14H,5-13H2,1-4H3,(H2,18,19,20);1H. The van der Waals surface area contributed by atoms with Gasteiger partial charge in [0.2, 0.25) is 0 Å². The van der Waals surface area contributed by atoms with E-state index in [9.17, 15) is 4.79 Å². The zero-order chi connectivity index (χ0) is 18.3. The monoisotopic (exact) mass is 483 g/mol. The van der Waals surface area contributed by atoms with E-state index in [1.165, 1.54) is 7.11 Å². The molecule has 2 aliphatic rings. The van der Waals surface area contributed by atoms with Gasteiger partial charge in [-0.15, -0.1) is 24.0 Å². The van der Waals surface area contributed by atoms with E-state index < -0.39 is 0 Å². The SMILES string of the molecule is CN=C(NCC1(N(C)C)CCOCC1)NC1CCN(C(=O)OC)CC1.I. The molecule has 0 atom stereocenters. The molecule has 0 radical (unpaired) electrons. The summed E-state index contributed by atoms with van der Waals surface area (Å²) in [6.45, 7) is 3.86. The molecule has 2 rings (SSSR count). The first-order valence-electron chi connectivity index (χ1n) is 9.06. The number of hydrogen-bond acceptors (Lipinski definition) is 5. The summed E-state index contributed by atoms with van der Waals surface area (Å²) in [7, 11) is 7.48. The molecule has 0 spiro atoms. The molecule has 9 heteroatoms. The maximum Gasteiger partial charge on any atom is 0.409 e. The molecule has 2 saturated heterocycles. The van der Waals surface area contributed by atoms with Crippen LogP contribution in [-0.4, -0.2) is 94.5 Å². The highest BCUT2D eigenvalue weighted by molar-refractivity contribution is 14.0. The number of amides is 1. The van der Waals surface area contributed by atoms with Gasteiger partial charge in [0, 0.05) is 51.5 Å². The van der Waals surface area contributed by atoms with Gasteiger partial charge < -0.3 is 29.9 Å². The quantitative estimate of drug-likeness (QED) is 0.355. The summed E-state index contributed by atoms with van der Waals surface area (Å²) in [6, 6.07) is 0.317. The summed E-state index contributed by atoms with van der Waals surface area (Å²) in [4.78, 5) is 20.0. The van der Waals surface area contributed by atoms with E-state index in [0.717, 1.165) is 51.4 Å². The van der Waals surface area contributed by atoms with Gasteiger partial charge in [-0.05, 0) is 39.8 Å². The van der Waals surface area contributed by atoms with Crippen molar-refractivity contribution in [1.29, 1.82) is 0 Å². The van der Waals surface area contributed by atoms with Crippen LogP contribution in [0.1, 0.15) is 25.7 Å². The summed E-state index contributed by atoms with van der Waals surface area (Å²) in [5.41, 5.74) is 0.101. The van der Waals surface area contributed by atoms with Crippen LogP contribution in [0.2, 0.25) is 0 Å². The first-order chi connectivity index (χ1) is 12.0. The Morgan fingerprint density at radius 1 is 1.31 bits per heavy atom. The Morgan fingerprint density at radius 2 is 1.92 bits per heavy atom. The smallest absolute Gasteiger partial charge is 0.409 e.